The number of rotatable bonds is 3. The lowest BCUT2D eigenvalue weighted by molar-refractivity contribution is -0.158. The summed E-state index contributed by atoms with van der Waals surface area (Å²) in [5.74, 6) is -3.37. The van der Waals surface area contributed by atoms with E-state index >= 15 is 0 Å². The van der Waals surface area contributed by atoms with Gasteiger partial charge >= 0.3 is 17.9 Å². The fraction of sp³-hybridized carbons (Fsp3) is 0.353. The van der Waals surface area contributed by atoms with Crippen molar-refractivity contribution in [3.8, 4) is 0 Å². The van der Waals surface area contributed by atoms with Gasteiger partial charge in [-0.25, -0.2) is 4.79 Å². The highest BCUT2D eigenvalue weighted by molar-refractivity contribution is 5.90. The topological polar surface area (TPSA) is 78.9 Å². The third kappa shape index (κ3) is 2.84. The van der Waals surface area contributed by atoms with Gasteiger partial charge in [0.25, 0.3) is 0 Å². The van der Waals surface area contributed by atoms with Gasteiger partial charge in [0.15, 0.2) is 0 Å². The Hall–Kier alpha value is -2.63. The fourth-order valence-electron chi connectivity index (χ4n) is 3.01. The molecule has 4 atom stereocenters. The summed E-state index contributed by atoms with van der Waals surface area (Å²) in [7, 11) is 1.24. The molecule has 0 N–H and O–H groups in total. The quantitative estimate of drug-likeness (QED) is 0.476. The molecule has 1 aromatic rings. The Morgan fingerprint density at radius 2 is 1.91 bits per heavy atom. The minimum Gasteiger partial charge on any atom is -0.469 e. The van der Waals surface area contributed by atoms with Gasteiger partial charge in [0.1, 0.15) is 12.0 Å². The van der Waals surface area contributed by atoms with Crippen LogP contribution in [0, 0.1) is 17.8 Å². The molecule has 120 valence electrons. The van der Waals surface area contributed by atoms with E-state index in [-0.39, 0.29) is 12.5 Å². The molecule has 0 radical (unpaired) electrons. The van der Waals surface area contributed by atoms with Gasteiger partial charge in [-0.1, -0.05) is 24.3 Å². The number of carbonyl (C=O) groups is 3. The highest BCUT2D eigenvalue weighted by Crippen LogP contribution is 2.38. The molecule has 1 heterocycles. The van der Waals surface area contributed by atoms with Crippen molar-refractivity contribution < 1.29 is 28.6 Å². The van der Waals surface area contributed by atoms with Crippen molar-refractivity contribution in [3.63, 3.8) is 0 Å². The Morgan fingerprint density at radius 3 is 2.61 bits per heavy atom. The van der Waals surface area contributed by atoms with Crippen molar-refractivity contribution in [1.82, 2.24) is 0 Å². The molecule has 1 aliphatic heterocycles. The molecule has 0 aromatic heterocycles. The molecule has 0 bridgehead atoms. The van der Waals surface area contributed by atoms with Crippen molar-refractivity contribution in [2.24, 2.45) is 17.8 Å². The molecule has 0 saturated carbocycles. The van der Waals surface area contributed by atoms with Crippen molar-refractivity contribution in [1.29, 1.82) is 0 Å². The van der Waals surface area contributed by atoms with Gasteiger partial charge in [-0.2, -0.15) is 0 Å². The maximum absolute atomic E-state index is 12.2. The molecule has 3 rings (SSSR count). The molecule has 1 fully saturated rings. The fourth-order valence-corrected chi connectivity index (χ4v) is 3.01. The van der Waals surface area contributed by atoms with Gasteiger partial charge in [-0.3, -0.25) is 9.59 Å². The maximum Gasteiger partial charge on any atom is 0.338 e. The maximum atomic E-state index is 12.2. The van der Waals surface area contributed by atoms with Crippen molar-refractivity contribution in [3.05, 3.63) is 48.0 Å². The number of hydrogen-bond acceptors (Lipinski definition) is 6. The Bertz CT molecular complexity index is 650. The standard InChI is InChI=1S/C17H16O6/c1-21-16(19)14-12(8-7-11-9-22-17(20)13(11)14)23-15(18)10-5-3-2-4-6-10/h2-8,11-14H,9H2,1H3/t11-,12-,13+,14+/m1/s1. The predicted molar refractivity (Wildman–Crippen MR) is 78.2 cm³/mol. The smallest absolute Gasteiger partial charge is 0.338 e. The number of fused-ring (bicyclic) bond motifs is 1. The predicted octanol–water partition coefficient (Wildman–Crippen LogP) is 1.36. The molecule has 0 amide bonds. The normalized spacial score (nSPS) is 28.7. The molecule has 6 nitrogen and oxygen atoms in total. The Labute approximate surface area is 133 Å². The minimum atomic E-state index is -0.891. The molecule has 0 spiro atoms. The molecule has 1 saturated heterocycles. The first kappa shape index (κ1) is 15.3. The van der Waals surface area contributed by atoms with E-state index in [2.05, 4.69) is 0 Å². The Kier molecular flexibility index (Phi) is 4.14. The van der Waals surface area contributed by atoms with Gasteiger partial charge in [-0.05, 0) is 18.2 Å². The molecule has 0 unspecified atom stereocenters. The van der Waals surface area contributed by atoms with E-state index in [1.807, 2.05) is 0 Å². The minimum absolute atomic E-state index is 0.196. The van der Waals surface area contributed by atoms with E-state index in [1.165, 1.54) is 7.11 Å². The van der Waals surface area contributed by atoms with Crippen LogP contribution in [0.5, 0.6) is 0 Å². The average Bonchev–Trinajstić information content (AvgIpc) is 2.96. The molecular weight excluding hydrogens is 300 g/mol. The van der Waals surface area contributed by atoms with E-state index in [0.29, 0.717) is 5.56 Å². The van der Waals surface area contributed by atoms with Crippen LogP contribution in [0.3, 0.4) is 0 Å². The average molecular weight is 316 g/mol. The van der Waals surface area contributed by atoms with Gasteiger partial charge < -0.3 is 14.2 Å². The lowest BCUT2D eigenvalue weighted by Gasteiger charge is -2.31. The molecule has 1 aliphatic carbocycles. The number of hydrogen-bond donors (Lipinski definition) is 0. The number of benzene rings is 1. The molecule has 2 aliphatic rings. The monoisotopic (exact) mass is 316 g/mol. The van der Waals surface area contributed by atoms with Crippen molar-refractivity contribution in [2.75, 3.05) is 13.7 Å². The van der Waals surface area contributed by atoms with Gasteiger partial charge in [0, 0.05) is 5.92 Å². The second-order valence-corrected chi connectivity index (χ2v) is 5.49. The van der Waals surface area contributed by atoms with Gasteiger partial charge in [-0.15, -0.1) is 0 Å². The summed E-state index contributed by atoms with van der Waals surface area (Å²) in [5.41, 5.74) is 0.376. The van der Waals surface area contributed by atoms with Crippen molar-refractivity contribution >= 4 is 17.9 Å². The van der Waals surface area contributed by atoms with Crippen LogP contribution in [0.15, 0.2) is 42.5 Å². The third-order valence-electron chi connectivity index (χ3n) is 4.17. The number of esters is 3. The summed E-state index contributed by atoms with van der Waals surface area (Å²) in [5, 5.41) is 0. The SMILES string of the molecule is COC(=O)[C@@H]1[C@H]2C(=O)OC[C@H]2C=C[C@H]1OC(=O)c1ccccc1. The number of methoxy groups -OCH3 is 1. The molecule has 23 heavy (non-hydrogen) atoms. The van der Waals surface area contributed by atoms with Crippen LogP contribution >= 0.6 is 0 Å². The van der Waals surface area contributed by atoms with Crippen LogP contribution in [0.2, 0.25) is 0 Å². The zero-order chi connectivity index (χ0) is 16.4. The molecule has 6 heteroatoms. The third-order valence-corrected chi connectivity index (χ3v) is 4.17. The molecular formula is C17H16O6. The van der Waals surface area contributed by atoms with Crippen LogP contribution in [0.25, 0.3) is 0 Å². The van der Waals surface area contributed by atoms with Gasteiger partial charge in [0.05, 0.1) is 25.2 Å². The highest BCUT2D eigenvalue weighted by Gasteiger charge is 2.51. The van der Waals surface area contributed by atoms with E-state index in [9.17, 15) is 14.4 Å². The second-order valence-electron chi connectivity index (χ2n) is 5.49. The van der Waals surface area contributed by atoms with Gasteiger partial charge in [0.2, 0.25) is 0 Å². The van der Waals surface area contributed by atoms with E-state index in [4.69, 9.17) is 14.2 Å². The number of cyclic esters (lactones) is 1. The van der Waals surface area contributed by atoms with Crippen LogP contribution in [0.1, 0.15) is 10.4 Å². The Morgan fingerprint density at radius 1 is 1.17 bits per heavy atom. The first-order chi connectivity index (χ1) is 11.1. The van der Waals surface area contributed by atoms with E-state index in [0.717, 1.165) is 0 Å². The number of carbonyl (C=O) groups excluding carboxylic acids is 3. The van der Waals surface area contributed by atoms with Crippen LogP contribution in [-0.4, -0.2) is 37.7 Å². The highest BCUT2D eigenvalue weighted by atomic mass is 16.6. The van der Waals surface area contributed by atoms with Crippen LogP contribution in [0.4, 0.5) is 0 Å². The zero-order valence-electron chi connectivity index (χ0n) is 12.5. The van der Waals surface area contributed by atoms with E-state index in [1.54, 1.807) is 42.5 Å². The summed E-state index contributed by atoms with van der Waals surface area (Å²) in [6.07, 6.45) is 2.53. The van der Waals surface area contributed by atoms with Crippen LogP contribution < -0.4 is 0 Å². The molecule has 1 aromatic carbocycles. The van der Waals surface area contributed by atoms with Crippen molar-refractivity contribution in [2.45, 2.75) is 6.10 Å². The lowest BCUT2D eigenvalue weighted by Crippen LogP contribution is -2.43. The first-order valence-electron chi connectivity index (χ1n) is 7.30. The zero-order valence-corrected chi connectivity index (χ0v) is 12.5. The summed E-state index contributed by atoms with van der Waals surface area (Å²) in [4.78, 5) is 36.3. The van der Waals surface area contributed by atoms with Crippen LogP contribution in [-0.2, 0) is 23.8 Å². The summed E-state index contributed by atoms with van der Waals surface area (Å²) in [6, 6.07) is 8.46. The van der Waals surface area contributed by atoms with E-state index < -0.39 is 35.8 Å². The summed E-state index contributed by atoms with van der Waals surface area (Å²) in [6.45, 7) is 0.229. The Balaban J connectivity index is 1.85. The summed E-state index contributed by atoms with van der Waals surface area (Å²) >= 11 is 0. The first-order valence-corrected chi connectivity index (χ1v) is 7.30. The summed E-state index contributed by atoms with van der Waals surface area (Å²) < 4.78 is 15.3. The lowest BCUT2D eigenvalue weighted by atomic mass is 9.76. The largest absolute Gasteiger partial charge is 0.469 e. The number of ether oxygens (including phenoxy) is 3. The second kappa shape index (κ2) is 6.24.